The van der Waals surface area contributed by atoms with Crippen LogP contribution in [0.4, 0.5) is 0 Å². The van der Waals surface area contributed by atoms with E-state index in [2.05, 4.69) is 15.4 Å². The average Bonchev–Trinajstić information content (AvgIpc) is 3.04. The minimum absolute atomic E-state index is 0.0157. The molecule has 1 saturated heterocycles. The lowest BCUT2D eigenvalue weighted by molar-refractivity contribution is -0.138. The highest BCUT2D eigenvalue weighted by Crippen LogP contribution is 2.19. The van der Waals surface area contributed by atoms with Crippen LogP contribution < -0.4 is 5.32 Å². The first-order valence-corrected chi connectivity index (χ1v) is 8.01. The molecular weight excluding hydrogens is 298 g/mol. The van der Waals surface area contributed by atoms with Crippen molar-refractivity contribution in [2.24, 2.45) is 5.92 Å². The van der Waals surface area contributed by atoms with Crippen molar-refractivity contribution in [1.29, 1.82) is 0 Å². The number of amides is 2. The molecule has 23 heavy (non-hydrogen) atoms. The highest BCUT2D eigenvalue weighted by Gasteiger charge is 2.28. The van der Waals surface area contributed by atoms with Crippen LogP contribution in [-0.4, -0.2) is 58.3 Å². The van der Waals surface area contributed by atoms with Crippen molar-refractivity contribution in [2.45, 2.75) is 39.3 Å². The predicted octanol–water partition coefficient (Wildman–Crippen LogP) is 0.360. The van der Waals surface area contributed by atoms with Gasteiger partial charge in [-0.15, -0.1) is 0 Å². The van der Waals surface area contributed by atoms with Crippen LogP contribution in [0.5, 0.6) is 0 Å². The minimum Gasteiger partial charge on any atom is -0.375 e. The molecule has 0 spiro atoms. The quantitative estimate of drug-likeness (QED) is 0.816. The Morgan fingerprint density at radius 2 is 2.13 bits per heavy atom. The van der Waals surface area contributed by atoms with Crippen LogP contribution in [0.15, 0.2) is 6.33 Å². The number of likely N-dealkylation sites (tertiary alicyclic amines) is 1. The Bertz CT molecular complexity index is 537. The van der Waals surface area contributed by atoms with Gasteiger partial charge in [-0.1, -0.05) is 0 Å². The topological polar surface area (TPSA) is 89.4 Å². The number of rotatable bonds is 6. The second kappa shape index (κ2) is 8.05. The summed E-state index contributed by atoms with van der Waals surface area (Å²) >= 11 is 0. The fourth-order valence-electron chi connectivity index (χ4n) is 2.85. The van der Waals surface area contributed by atoms with E-state index in [1.165, 1.54) is 13.4 Å². The third kappa shape index (κ3) is 4.28. The molecule has 1 aromatic heterocycles. The summed E-state index contributed by atoms with van der Waals surface area (Å²) in [5.41, 5.74) is 0. The largest absolute Gasteiger partial charge is 0.375 e. The number of carbonyl (C=O) groups excluding carboxylic acids is 2. The van der Waals surface area contributed by atoms with Gasteiger partial charge in [-0.2, -0.15) is 5.10 Å². The summed E-state index contributed by atoms with van der Waals surface area (Å²) < 4.78 is 6.64. The smallest absolute Gasteiger partial charge is 0.248 e. The van der Waals surface area contributed by atoms with Gasteiger partial charge in [0.1, 0.15) is 18.8 Å². The third-order valence-corrected chi connectivity index (χ3v) is 4.18. The summed E-state index contributed by atoms with van der Waals surface area (Å²) in [5.74, 6) is 0.688. The Morgan fingerprint density at radius 3 is 2.74 bits per heavy atom. The lowest BCUT2D eigenvalue weighted by Crippen LogP contribution is -2.44. The van der Waals surface area contributed by atoms with Crippen LogP contribution in [0.1, 0.15) is 38.6 Å². The van der Waals surface area contributed by atoms with Gasteiger partial charge < -0.3 is 15.0 Å². The van der Waals surface area contributed by atoms with E-state index in [-0.39, 0.29) is 30.4 Å². The Labute approximate surface area is 136 Å². The number of nitrogens with one attached hydrogen (secondary N) is 1. The third-order valence-electron chi connectivity index (χ3n) is 4.18. The van der Waals surface area contributed by atoms with E-state index in [4.69, 9.17) is 4.74 Å². The molecule has 0 radical (unpaired) electrons. The molecule has 1 aromatic rings. The molecule has 0 saturated carbocycles. The number of methoxy groups -OCH3 is 1. The van der Waals surface area contributed by atoms with Gasteiger partial charge in [0.2, 0.25) is 11.8 Å². The minimum atomic E-state index is -0.182. The van der Waals surface area contributed by atoms with Crippen LogP contribution >= 0.6 is 0 Å². The van der Waals surface area contributed by atoms with E-state index in [9.17, 15) is 9.59 Å². The molecule has 128 valence electrons. The number of aryl methyl sites for hydroxylation is 1. The molecule has 8 nitrogen and oxygen atoms in total. The standard InChI is InChI=1S/C15H25N5O3/c1-4-20-14(16-10-17-20)11(2)18-15(22)12-5-7-19(8-6-12)13(21)9-23-3/h10-12H,4-9H2,1-3H3,(H,18,22)/t11-/m1/s1. The zero-order chi connectivity index (χ0) is 16.8. The molecule has 1 aliphatic heterocycles. The van der Waals surface area contributed by atoms with Gasteiger partial charge in [-0.05, 0) is 26.7 Å². The second-order valence-corrected chi connectivity index (χ2v) is 5.75. The molecule has 0 aromatic carbocycles. The summed E-state index contributed by atoms with van der Waals surface area (Å²) in [6.07, 6.45) is 2.85. The van der Waals surface area contributed by atoms with Crippen molar-refractivity contribution < 1.29 is 14.3 Å². The van der Waals surface area contributed by atoms with E-state index in [0.717, 1.165) is 12.4 Å². The highest BCUT2D eigenvalue weighted by molar-refractivity contribution is 5.80. The molecule has 0 bridgehead atoms. The first kappa shape index (κ1) is 17.4. The monoisotopic (exact) mass is 323 g/mol. The van der Waals surface area contributed by atoms with Crippen molar-refractivity contribution in [3.8, 4) is 0 Å². The molecule has 2 amide bonds. The molecule has 1 atom stereocenters. The van der Waals surface area contributed by atoms with Gasteiger partial charge in [0.15, 0.2) is 0 Å². The van der Waals surface area contributed by atoms with E-state index in [0.29, 0.717) is 25.9 Å². The molecule has 1 aliphatic rings. The highest BCUT2D eigenvalue weighted by atomic mass is 16.5. The van der Waals surface area contributed by atoms with Crippen LogP contribution in [0, 0.1) is 5.92 Å². The van der Waals surface area contributed by atoms with Crippen LogP contribution in [-0.2, 0) is 20.9 Å². The van der Waals surface area contributed by atoms with Crippen molar-refractivity contribution in [3.05, 3.63) is 12.2 Å². The van der Waals surface area contributed by atoms with E-state index < -0.39 is 0 Å². The predicted molar refractivity (Wildman–Crippen MR) is 83.4 cm³/mol. The summed E-state index contributed by atoms with van der Waals surface area (Å²) in [5, 5.41) is 7.13. The van der Waals surface area contributed by atoms with E-state index >= 15 is 0 Å². The molecule has 1 fully saturated rings. The molecular formula is C15H25N5O3. The first-order chi connectivity index (χ1) is 11.1. The van der Waals surface area contributed by atoms with E-state index in [1.807, 2.05) is 13.8 Å². The normalized spacial score (nSPS) is 17.1. The average molecular weight is 323 g/mol. The zero-order valence-corrected chi connectivity index (χ0v) is 14.0. The molecule has 0 aliphatic carbocycles. The fourth-order valence-corrected chi connectivity index (χ4v) is 2.85. The number of aromatic nitrogens is 3. The maximum absolute atomic E-state index is 12.4. The Hall–Kier alpha value is -1.96. The SMILES string of the molecule is CCn1ncnc1[C@@H](C)NC(=O)C1CCN(C(=O)COC)CC1. The molecule has 8 heteroatoms. The number of hydrogen-bond donors (Lipinski definition) is 1. The van der Waals surface area contributed by atoms with Crippen molar-refractivity contribution >= 4 is 11.8 Å². The Morgan fingerprint density at radius 1 is 1.43 bits per heavy atom. The van der Waals surface area contributed by atoms with Crippen LogP contribution in [0.3, 0.4) is 0 Å². The lowest BCUT2D eigenvalue weighted by atomic mass is 9.95. The number of piperidine rings is 1. The number of carbonyl (C=O) groups is 2. The Kier molecular flexibility index (Phi) is 6.09. The maximum atomic E-state index is 12.4. The van der Waals surface area contributed by atoms with Crippen LogP contribution in [0.2, 0.25) is 0 Å². The number of ether oxygens (including phenoxy) is 1. The fraction of sp³-hybridized carbons (Fsp3) is 0.733. The van der Waals surface area contributed by atoms with Gasteiger partial charge in [0.25, 0.3) is 0 Å². The molecule has 2 heterocycles. The second-order valence-electron chi connectivity index (χ2n) is 5.75. The maximum Gasteiger partial charge on any atom is 0.248 e. The Balaban J connectivity index is 1.84. The molecule has 0 unspecified atom stereocenters. The van der Waals surface area contributed by atoms with Gasteiger partial charge in [0.05, 0.1) is 6.04 Å². The summed E-state index contributed by atoms with van der Waals surface area (Å²) in [6.45, 7) is 5.90. The lowest BCUT2D eigenvalue weighted by Gasteiger charge is -2.31. The number of nitrogens with zero attached hydrogens (tertiary/aromatic N) is 4. The van der Waals surface area contributed by atoms with Gasteiger partial charge >= 0.3 is 0 Å². The van der Waals surface area contributed by atoms with Gasteiger partial charge in [0, 0.05) is 32.7 Å². The number of hydrogen-bond acceptors (Lipinski definition) is 5. The van der Waals surface area contributed by atoms with Gasteiger partial charge in [-0.3, -0.25) is 9.59 Å². The van der Waals surface area contributed by atoms with Crippen molar-refractivity contribution in [3.63, 3.8) is 0 Å². The van der Waals surface area contributed by atoms with E-state index in [1.54, 1.807) is 9.58 Å². The summed E-state index contributed by atoms with van der Waals surface area (Å²) in [7, 11) is 1.51. The zero-order valence-electron chi connectivity index (χ0n) is 14.0. The van der Waals surface area contributed by atoms with Crippen molar-refractivity contribution in [2.75, 3.05) is 26.8 Å². The summed E-state index contributed by atoms with van der Waals surface area (Å²) in [6, 6.07) is -0.182. The van der Waals surface area contributed by atoms with Crippen LogP contribution in [0.25, 0.3) is 0 Å². The molecule has 1 N–H and O–H groups in total. The summed E-state index contributed by atoms with van der Waals surface area (Å²) in [4.78, 5) is 30.1. The van der Waals surface area contributed by atoms with Crippen molar-refractivity contribution in [1.82, 2.24) is 25.0 Å². The first-order valence-electron chi connectivity index (χ1n) is 8.01. The van der Waals surface area contributed by atoms with Gasteiger partial charge in [-0.25, -0.2) is 9.67 Å². The molecule has 2 rings (SSSR count).